The molecule has 0 bridgehead atoms. The van der Waals surface area contributed by atoms with Gasteiger partial charge in [0.1, 0.15) is 5.75 Å². The molecule has 5 rings (SSSR count). The highest BCUT2D eigenvalue weighted by Gasteiger charge is 2.53. The van der Waals surface area contributed by atoms with Gasteiger partial charge < -0.3 is 5.11 Å². The maximum absolute atomic E-state index is 13.0. The highest BCUT2D eigenvalue weighted by atomic mass is 32.2. The van der Waals surface area contributed by atoms with Crippen LogP contribution in [-0.4, -0.2) is 57.3 Å². The lowest BCUT2D eigenvalue weighted by Crippen LogP contribution is -2.56. The van der Waals surface area contributed by atoms with Crippen molar-refractivity contribution in [2.75, 3.05) is 16.6 Å². The number of rotatable bonds is 4. The van der Waals surface area contributed by atoms with Crippen molar-refractivity contribution < 1.29 is 13.5 Å². The average Bonchev–Trinajstić information content (AvgIpc) is 3.07. The summed E-state index contributed by atoms with van der Waals surface area (Å²) in [6.07, 6.45) is 8.44. The predicted octanol–water partition coefficient (Wildman–Crippen LogP) is 3.52. The van der Waals surface area contributed by atoms with E-state index in [1.165, 1.54) is 0 Å². The van der Waals surface area contributed by atoms with Gasteiger partial charge in [-0.05, 0) is 62.4 Å². The van der Waals surface area contributed by atoms with Crippen LogP contribution in [0.2, 0.25) is 0 Å². The van der Waals surface area contributed by atoms with Crippen LogP contribution in [0.3, 0.4) is 0 Å². The lowest BCUT2D eigenvalue weighted by molar-refractivity contribution is 0.102. The van der Waals surface area contributed by atoms with Crippen LogP contribution in [0.4, 0.5) is 5.82 Å². The zero-order valence-corrected chi connectivity index (χ0v) is 20.2. The van der Waals surface area contributed by atoms with Crippen molar-refractivity contribution in [3.63, 3.8) is 0 Å². The molecule has 0 amide bonds. The number of anilines is 1. The van der Waals surface area contributed by atoms with Crippen LogP contribution in [0, 0.1) is 6.92 Å². The van der Waals surface area contributed by atoms with Gasteiger partial charge in [-0.25, -0.2) is 17.7 Å². The molecule has 9 heteroatoms. The van der Waals surface area contributed by atoms with E-state index < -0.39 is 15.6 Å². The molecule has 0 saturated carbocycles. The lowest BCUT2D eigenvalue weighted by Gasteiger charge is -2.47. The van der Waals surface area contributed by atoms with E-state index in [1.807, 2.05) is 31.2 Å². The Bertz CT molecular complexity index is 1300. The third-order valence-corrected chi connectivity index (χ3v) is 9.02. The van der Waals surface area contributed by atoms with Crippen LogP contribution < -0.4 is 4.31 Å². The molecule has 0 radical (unpaired) electrons. The number of aromatic nitrogens is 3. The number of hydrogen-bond acceptors (Lipinski definition) is 7. The predicted molar refractivity (Wildman–Crippen MR) is 131 cm³/mol. The van der Waals surface area contributed by atoms with Crippen molar-refractivity contribution >= 4 is 15.8 Å². The van der Waals surface area contributed by atoms with Gasteiger partial charge >= 0.3 is 0 Å². The molecule has 8 nitrogen and oxygen atoms in total. The normalized spacial score (nSPS) is 24.5. The van der Waals surface area contributed by atoms with Crippen molar-refractivity contribution in [3.8, 4) is 17.0 Å². The van der Waals surface area contributed by atoms with Crippen molar-refractivity contribution in [1.29, 1.82) is 0 Å². The SMILES string of the molecule is Cc1cccnc1-c1cc(CN2CC[C@]3(CCS(=O)(=O)N3c3cnccn3)C[C@@H]2C)ccc1O. The summed E-state index contributed by atoms with van der Waals surface area (Å²) in [5, 5.41) is 10.5. The van der Waals surface area contributed by atoms with Gasteiger partial charge in [0.25, 0.3) is 0 Å². The lowest BCUT2D eigenvalue weighted by atomic mass is 9.81. The fourth-order valence-corrected chi connectivity index (χ4v) is 7.51. The molecule has 1 aromatic carbocycles. The summed E-state index contributed by atoms with van der Waals surface area (Å²) in [6, 6.07) is 9.73. The summed E-state index contributed by atoms with van der Waals surface area (Å²) < 4.78 is 27.5. The Labute approximate surface area is 200 Å². The number of hydrogen-bond donors (Lipinski definition) is 1. The molecule has 2 aromatic heterocycles. The Kier molecular flexibility index (Phi) is 5.77. The summed E-state index contributed by atoms with van der Waals surface area (Å²) >= 11 is 0. The Morgan fingerprint density at radius 1 is 1.15 bits per heavy atom. The zero-order valence-electron chi connectivity index (χ0n) is 19.4. The van der Waals surface area contributed by atoms with E-state index in [2.05, 4.69) is 26.8 Å². The van der Waals surface area contributed by atoms with Crippen LogP contribution in [0.15, 0.2) is 55.1 Å². The van der Waals surface area contributed by atoms with Crippen LogP contribution in [-0.2, 0) is 16.6 Å². The minimum atomic E-state index is -3.42. The van der Waals surface area contributed by atoms with Crippen LogP contribution in [0.25, 0.3) is 11.3 Å². The van der Waals surface area contributed by atoms with Gasteiger partial charge in [-0.15, -0.1) is 0 Å². The molecule has 2 saturated heterocycles. The van der Waals surface area contributed by atoms with Gasteiger partial charge in [0.15, 0.2) is 5.82 Å². The summed E-state index contributed by atoms with van der Waals surface area (Å²) in [5.41, 5.74) is 3.15. The number of likely N-dealkylation sites (tertiary alicyclic amines) is 1. The molecule has 0 unspecified atom stereocenters. The average molecular weight is 480 g/mol. The molecule has 0 aliphatic carbocycles. The molecule has 178 valence electrons. The smallest absolute Gasteiger partial charge is 0.236 e. The highest BCUT2D eigenvalue weighted by molar-refractivity contribution is 7.93. The highest BCUT2D eigenvalue weighted by Crippen LogP contribution is 2.44. The number of nitrogens with zero attached hydrogens (tertiary/aromatic N) is 5. The van der Waals surface area contributed by atoms with Crippen molar-refractivity contribution in [2.45, 2.75) is 51.2 Å². The van der Waals surface area contributed by atoms with Gasteiger partial charge in [0, 0.05) is 43.3 Å². The molecule has 3 aromatic rings. The van der Waals surface area contributed by atoms with E-state index in [1.54, 1.807) is 35.2 Å². The molecule has 1 N–H and O–H groups in total. The number of phenolic OH excluding ortho intramolecular Hbond substituents is 1. The minimum absolute atomic E-state index is 0.140. The maximum Gasteiger partial charge on any atom is 0.236 e. The van der Waals surface area contributed by atoms with Gasteiger partial charge in [0.05, 0.1) is 23.2 Å². The van der Waals surface area contributed by atoms with E-state index in [4.69, 9.17) is 0 Å². The standard InChI is InChI=1S/C25H29N5O3S/c1-18-4-3-9-28-24(18)21-14-20(5-6-22(21)31)17-29-12-7-25(15-19(29)2)8-13-34(32,33)30(25)23-16-26-10-11-27-23/h3-6,9-11,14,16,19,31H,7-8,12-13,15,17H2,1-2H3/t19-,25-/m0/s1. The molecule has 2 aliphatic rings. The summed E-state index contributed by atoms with van der Waals surface area (Å²) in [6.45, 7) is 5.63. The number of sulfonamides is 1. The van der Waals surface area contributed by atoms with Crippen LogP contribution >= 0.6 is 0 Å². The summed E-state index contributed by atoms with van der Waals surface area (Å²) in [7, 11) is -3.42. The second-order valence-electron chi connectivity index (χ2n) is 9.41. The molecule has 34 heavy (non-hydrogen) atoms. The van der Waals surface area contributed by atoms with Gasteiger partial charge in [-0.3, -0.25) is 14.9 Å². The monoisotopic (exact) mass is 479 g/mol. The summed E-state index contributed by atoms with van der Waals surface area (Å²) in [5.74, 6) is 0.766. The second kappa shape index (κ2) is 8.63. The topological polar surface area (TPSA) is 99.5 Å². The third kappa shape index (κ3) is 4.03. The van der Waals surface area contributed by atoms with E-state index >= 15 is 0 Å². The van der Waals surface area contributed by atoms with Gasteiger partial charge in [-0.2, -0.15) is 0 Å². The fourth-order valence-electron chi connectivity index (χ4n) is 5.46. The number of pyridine rings is 1. The van der Waals surface area contributed by atoms with Crippen molar-refractivity contribution in [1.82, 2.24) is 19.9 Å². The molecule has 4 heterocycles. The van der Waals surface area contributed by atoms with Crippen molar-refractivity contribution in [3.05, 3.63) is 66.2 Å². The van der Waals surface area contributed by atoms with Crippen LogP contribution in [0.5, 0.6) is 5.75 Å². The number of phenols is 1. The Balaban J connectivity index is 1.37. The molecule has 1 spiro atoms. The number of benzene rings is 1. The number of piperidine rings is 1. The first-order chi connectivity index (χ1) is 16.3. The second-order valence-corrected chi connectivity index (χ2v) is 11.3. The Hall–Kier alpha value is -3.04. The van der Waals surface area contributed by atoms with Crippen molar-refractivity contribution in [2.24, 2.45) is 0 Å². The Morgan fingerprint density at radius 3 is 2.74 bits per heavy atom. The maximum atomic E-state index is 13.0. The molecule has 2 fully saturated rings. The number of aryl methyl sites for hydroxylation is 1. The number of aromatic hydroxyl groups is 1. The van der Waals surface area contributed by atoms with E-state index in [9.17, 15) is 13.5 Å². The summed E-state index contributed by atoms with van der Waals surface area (Å²) in [4.78, 5) is 15.3. The van der Waals surface area contributed by atoms with E-state index in [0.29, 0.717) is 18.8 Å². The molecule has 2 atom stereocenters. The third-order valence-electron chi connectivity index (χ3n) is 7.17. The minimum Gasteiger partial charge on any atom is -0.507 e. The largest absolute Gasteiger partial charge is 0.507 e. The first-order valence-electron chi connectivity index (χ1n) is 11.6. The fraction of sp³-hybridized carbons (Fsp3) is 0.400. The van der Waals surface area contributed by atoms with Gasteiger partial charge in [0.2, 0.25) is 10.0 Å². The Morgan fingerprint density at radius 2 is 2.00 bits per heavy atom. The molecular weight excluding hydrogens is 450 g/mol. The van der Waals surface area contributed by atoms with Crippen LogP contribution in [0.1, 0.15) is 37.3 Å². The first kappa shape index (κ1) is 22.7. The van der Waals surface area contributed by atoms with E-state index in [0.717, 1.165) is 41.8 Å². The van der Waals surface area contributed by atoms with Gasteiger partial charge in [-0.1, -0.05) is 12.1 Å². The zero-order chi connectivity index (χ0) is 23.9. The quantitative estimate of drug-likeness (QED) is 0.611. The first-order valence-corrected chi connectivity index (χ1v) is 13.2. The molecular formula is C25H29N5O3S. The van der Waals surface area contributed by atoms with E-state index in [-0.39, 0.29) is 17.5 Å². The molecule has 2 aliphatic heterocycles.